The van der Waals surface area contributed by atoms with Crippen LogP contribution in [-0.2, 0) is 0 Å². The van der Waals surface area contributed by atoms with Crippen LogP contribution in [0.4, 0.5) is 5.69 Å². The lowest BCUT2D eigenvalue weighted by Gasteiger charge is -2.10. The molecule has 28 heavy (non-hydrogen) atoms. The molecule has 0 saturated carbocycles. The molecular formula is C21H15N3O3S. The standard InChI is InChI=1S/C21H15N3O3S/c1-14-9-11-16(12-10-14)28-21-19(24(25)26)20(22-13-23-21)27-18-8-4-6-15-5-2-3-7-17(15)18/h2-13H,1H3. The number of rotatable bonds is 5. The van der Waals surface area contributed by atoms with Gasteiger partial charge in [-0.05, 0) is 30.5 Å². The first-order chi connectivity index (χ1) is 13.6. The maximum Gasteiger partial charge on any atom is 0.363 e. The highest BCUT2D eigenvalue weighted by molar-refractivity contribution is 7.99. The molecule has 0 aliphatic carbocycles. The van der Waals surface area contributed by atoms with E-state index >= 15 is 0 Å². The normalized spacial score (nSPS) is 10.8. The van der Waals surface area contributed by atoms with Gasteiger partial charge in [0.2, 0.25) is 0 Å². The lowest BCUT2D eigenvalue weighted by molar-refractivity contribution is -0.389. The van der Waals surface area contributed by atoms with E-state index in [-0.39, 0.29) is 16.6 Å². The van der Waals surface area contributed by atoms with E-state index < -0.39 is 4.92 Å². The van der Waals surface area contributed by atoms with Gasteiger partial charge in [0, 0.05) is 10.3 Å². The first-order valence-corrected chi connectivity index (χ1v) is 9.33. The molecule has 7 heteroatoms. The summed E-state index contributed by atoms with van der Waals surface area (Å²) in [6, 6.07) is 20.9. The molecule has 1 heterocycles. The number of nitrogens with zero attached hydrogens (tertiary/aromatic N) is 3. The highest BCUT2D eigenvalue weighted by atomic mass is 32.2. The number of fused-ring (bicyclic) bond motifs is 1. The molecule has 4 rings (SSSR count). The van der Waals surface area contributed by atoms with Crippen LogP contribution >= 0.6 is 11.8 Å². The average Bonchev–Trinajstić information content (AvgIpc) is 2.70. The van der Waals surface area contributed by atoms with Gasteiger partial charge in [-0.1, -0.05) is 65.9 Å². The topological polar surface area (TPSA) is 78.2 Å². The van der Waals surface area contributed by atoms with Gasteiger partial charge >= 0.3 is 11.6 Å². The molecule has 0 N–H and O–H groups in total. The van der Waals surface area contributed by atoms with Crippen molar-refractivity contribution in [2.24, 2.45) is 0 Å². The Morgan fingerprint density at radius 3 is 2.50 bits per heavy atom. The average molecular weight is 389 g/mol. The highest BCUT2D eigenvalue weighted by Gasteiger charge is 2.26. The third-order valence-electron chi connectivity index (χ3n) is 4.13. The van der Waals surface area contributed by atoms with Crippen LogP contribution in [0.3, 0.4) is 0 Å². The quantitative estimate of drug-likeness (QED) is 0.244. The fraction of sp³-hybridized carbons (Fsp3) is 0.0476. The van der Waals surface area contributed by atoms with Gasteiger partial charge in [-0.25, -0.2) is 4.98 Å². The molecule has 0 aliphatic heterocycles. The van der Waals surface area contributed by atoms with Crippen molar-refractivity contribution in [2.45, 2.75) is 16.8 Å². The minimum Gasteiger partial charge on any atom is -0.433 e. The second-order valence-corrected chi connectivity index (χ2v) is 7.15. The molecule has 0 saturated heterocycles. The summed E-state index contributed by atoms with van der Waals surface area (Å²) in [4.78, 5) is 20.3. The minimum atomic E-state index is -0.503. The van der Waals surface area contributed by atoms with Crippen LogP contribution < -0.4 is 4.74 Å². The van der Waals surface area contributed by atoms with E-state index in [4.69, 9.17) is 4.74 Å². The second-order valence-electron chi connectivity index (χ2n) is 6.08. The molecule has 0 fully saturated rings. The Balaban J connectivity index is 1.74. The van der Waals surface area contributed by atoms with Gasteiger partial charge in [-0.15, -0.1) is 0 Å². The van der Waals surface area contributed by atoms with Crippen LogP contribution in [0, 0.1) is 17.0 Å². The Kier molecular flexibility index (Phi) is 4.90. The van der Waals surface area contributed by atoms with Gasteiger partial charge in [0.05, 0.1) is 4.92 Å². The number of aromatic nitrogens is 2. The molecule has 0 unspecified atom stereocenters. The smallest absolute Gasteiger partial charge is 0.363 e. The van der Waals surface area contributed by atoms with Crippen molar-refractivity contribution in [3.63, 3.8) is 0 Å². The molecule has 138 valence electrons. The van der Waals surface area contributed by atoms with Crippen LogP contribution in [0.5, 0.6) is 11.6 Å². The fourth-order valence-electron chi connectivity index (χ4n) is 2.76. The minimum absolute atomic E-state index is 0.0778. The molecule has 0 atom stereocenters. The van der Waals surface area contributed by atoms with Crippen molar-refractivity contribution in [1.29, 1.82) is 0 Å². The predicted molar refractivity (Wildman–Crippen MR) is 108 cm³/mol. The summed E-state index contributed by atoms with van der Waals surface area (Å²) in [7, 11) is 0. The monoisotopic (exact) mass is 389 g/mol. The van der Waals surface area contributed by atoms with Crippen molar-refractivity contribution in [1.82, 2.24) is 9.97 Å². The second kappa shape index (κ2) is 7.66. The van der Waals surface area contributed by atoms with Crippen molar-refractivity contribution in [2.75, 3.05) is 0 Å². The first-order valence-electron chi connectivity index (χ1n) is 8.51. The number of aryl methyl sites for hydroxylation is 1. The zero-order valence-corrected chi connectivity index (χ0v) is 15.7. The van der Waals surface area contributed by atoms with Crippen molar-refractivity contribution in [3.05, 3.63) is 88.7 Å². The Bertz CT molecular complexity index is 1160. The molecule has 1 aromatic heterocycles. The number of hydrogen-bond donors (Lipinski definition) is 0. The van der Waals surface area contributed by atoms with E-state index in [1.165, 1.54) is 18.1 Å². The van der Waals surface area contributed by atoms with E-state index in [2.05, 4.69) is 9.97 Å². The molecule has 0 aliphatic rings. The van der Waals surface area contributed by atoms with Crippen LogP contribution in [0.2, 0.25) is 0 Å². The van der Waals surface area contributed by atoms with Crippen LogP contribution in [0.1, 0.15) is 5.56 Å². The van der Waals surface area contributed by atoms with Crippen LogP contribution in [-0.4, -0.2) is 14.9 Å². The zero-order chi connectivity index (χ0) is 19.5. The van der Waals surface area contributed by atoms with Crippen molar-refractivity contribution in [3.8, 4) is 11.6 Å². The number of ether oxygens (including phenoxy) is 1. The van der Waals surface area contributed by atoms with Gasteiger partial charge in [0.15, 0.2) is 5.03 Å². The molecular weight excluding hydrogens is 374 g/mol. The van der Waals surface area contributed by atoms with Gasteiger partial charge < -0.3 is 4.74 Å². The van der Waals surface area contributed by atoms with Gasteiger partial charge in [-0.2, -0.15) is 4.98 Å². The van der Waals surface area contributed by atoms with E-state index in [1.54, 1.807) is 6.07 Å². The SMILES string of the molecule is Cc1ccc(Sc2ncnc(Oc3cccc4ccccc34)c2[N+](=O)[O-])cc1. The zero-order valence-electron chi connectivity index (χ0n) is 14.9. The van der Waals surface area contributed by atoms with Crippen molar-refractivity contribution < 1.29 is 9.66 Å². The largest absolute Gasteiger partial charge is 0.433 e. The summed E-state index contributed by atoms with van der Waals surface area (Å²) < 4.78 is 5.88. The maximum absolute atomic E-state index is 11.8. The van der Waals surface area contributed by atoms with E-state index in [9.17, 15) is 10.1 Å². The summed E-state index contributed by atoms with van der Waals surface area (Å²) in [5.74, 6) is 0.428. The number of nitro groups is 1. The third kappa shape index (κ3) is 3.65. The summed E-state index contributed by atoms with van der Waals surface area (Å²) in [5.41, 5.74) is 0.863. The summed E-state index contributed by atoms with van der Waals surface area (Å²) in [6.07, 6.45) is 1.28. The molecule has 4 aromatic rings. The Morgan fingerprint density at radius 2 is 1.71 bits per heavy atom. The highest BCUT2D eigenvalue weighted by Crippen LogP contribution is 2.40. The fourth-order valence-corrected chi connectivity index (χ4v) is 3.61. The molecule has 6 nitrogen and oxygen atoms in total. The molecule has 0 bridgehead atoms. The molecule has 0 spiro atoms. The maximum atomic E-state index is 11.8. The summed E-state index contributed by atoms with van der Waals surface area (Å²) >= 11 is 1.21. The van der Waals surface area contributed by atoms with Gasteiger partial charge in [-0.3, -0.25) is 10.1 Å². The van der Waals surface area contributed by atoms with Crippen LogP contribution in [0.15, 0.2) is 83.0 Å². The summed E-state index contributed by atoms with van der Waals surface area (Å²) in [5, 5.41) is 13.8. The van der Waals surface area contributed by atoms with E-state index in [0.717, 1.165) is 21.2 Å². The van der Waals surface area contributed by atoms with E-state index in [0.29, 0.717) is 5.75 Å². The Hall–Kier alpha value is -3.45. The lowest BCUT2D eigenvalue weighted by Crippen LogP contribution is -2.00. The van der Waals surface area contributed by atoms with E-state index in [1.807, 2.05) is 67.6 Å². The van der Waals surface area contributed by atoms with Crippen LogP contribution in [0.25, 0.3) is 10.8 Å². The van der Waals surface area contributed by atoms with Crippen molar-refractivity contribution >= 4 is 28.2 Å². The lowest BCUT2D eigenvalue weighted by atomic mass is 10.1. The number of benzene rings is 3. The Morgan fingerprint density at radius 1 is 0.964 bits per heavy atom. The molecule has 0 radical (unpaired) electrons. The Labute approximate surface area is 165 Å². The third-order valence-corrected chi connectivity index (χ3v) is 5.13. The predicted octanol–water partition coefficient (Wildman–Crippen LogP) is 5.79. The number of hydrogen-bond acceptors (Lipinski definition) is 6. The summed E-state index contributed by atoms with van der Waals surface area (Å²) in [6.45, 7) is 1.98. The van der Waals surface area contributed by atoms with Gasteiger partial charge in [0.1, 0.15) is 12.1 Å². The first kappa shape index (κ1) is 17.9. The molecule has 3 aromatic carbocycles. The molecule has 0 amide bonds. The van der Waals surface area contributed by atoms with Gasteiger partial charge in [0.25, 0.3) is 0 Å².